The molecule has 4 heteroatoms. The second-order valence-corrected chi connectivity index (χ2v) is 3.84. The second-order valence-electron chi connectivity index (χ2n) is 3.84. The van der Waals surface area contributed by atoms with Crippen LogP contribution >= 0.6 is 0 Å². The summed E-state index contributed by atoms with van der Waals surface area (Å²) in [5.41, 5.74) is 0. The molecule has 0 rings (SSSR count). The van der Waals surface area contributed by atoms with Crippen LogP contribution in [0, 0.1) is 0 Å². The number of carbonyl (C=O) groups is 1. The zero-order valence-corrected chi connectivity index (χ0v) is 10.2. The number of nitrogens with zero attached hydrogens (tertiary/aromatic N) is 1. The quantitative estimate of drug-likeness (QED) is 0.671. The summed E-state index contributed by atoms with van der Waals surface area (Å²) in [6, 6.07) is 0.474. The predicted molar refractivity (Wildman–Crippen MR) is 60.0 cm³/mol. The van der Waals surface area contributed by atoms with E-state index in [2.05, 4.69) is 20.8 Å². The molecule has 0 aromatic heterocycles. The monoisotopic (exact) mass is 217 g/mol. The molecule has 0 bridgehead atoms. The number of carboxylic acids is 1. The van der Waals surface area contributed by atoms with E-state index in [1.807, 2.05) is 4.90 Å². The van der Waals surface area contributed by atoms with Crippen LogP contribution < -0.4 is 0 Å². The van der Waals surface area contributed by atoms with Crippen LogP contribution in [-0.4, -0.2) is 48.3 Å². The van der Waals surface area contributed by atoms with Crippen molar-refractivity contribution in [2.45, 2.75) is 45.7 Å². The zero-order valence-electron chi connectivity index (χ0n) is 10.2. The predicted octanol–water partition coefficient (Wildman–Crippen LogP) is 1.60. The van der Waals surface area contributed by atoms with Crippen molar-refractivity contribution in [1.82, 2.24) is 4.90 Å². The Kier molecular flexibility index (Phi) is 7.34. The molecule has 2 atom stereocenters. The molecule has 0 heterocycles. The fraction of sp³-hybridized carbons (Fsp3) is 0.909. The van der Waals surface area contributed by atoms with Crippen LogP contribution in [0.5, 0.6) is 0 Å². The van der Waals surface area contributed by atoms with Crippen molar-refractivity contribution in [2.24, 2.45) is 0 Å². The second kappa shape index (κ2) is 7.65. The van der Waals surface area contributed by atoms with Crippen molar-refractivity contribution < 1.29 is 14.6 Å². The van der Waals surface area contributed by atoms with Gasteiger partial charge in [0.25, 0.3) is 0 Å². The SMILES string of the molecule is CCC(C)N(CC(=O)O)C(CC)COC. The lowest BCUT2D eigenvalue weighted by atomic mass is 10.1. The third kappa shape index (κ3) is 5.14. The maximum Gasteiger partial charge on any atom is 0.317 e. The molecule has 0 saturated carbocycles. The first-order chi connectivity index (χ1) is 7.06. The summed E-state index contributed by atoms with van der Waals surface area (Å²) in [6.07, 6.45) is 1.86. The Morgan fingerprint density at radius 3 is 2.33 bits per heavy atom. The van der Waals surface area contributed by atoms with Gasteiger partial charge >= 0.3 is 5.97 Å². The summed E-state index contributed by atoms with van der Waals surface area (Å²) >= 11 is 0. The smallest absolute Gasteiger partial charge is 0.317 e. The van der Waals surface area contributed by atoms with E-state index in [-0.39, 0.29) is 18.6 Å². The summed E-state index contributed by atoms with van der Waals surface area (Å²) in [4.78, 5) is 12.8. The lowest BCUT2D eigenvalue weighted by Crippen LogP contribution is -2.46. The maximum absolute atomic E-state index is 10.8. The third-order valence-corrected chi connectivity index (χ3v) is 2.77. The number of hydrogen-bond acceptors (Lipinski definition) is 3. The Bertz CT molecular complexity index is 185. The van der Waals surface area contributed by atoms with E-state index in [0.29, 0.717) is 6.61 Å². The maximum atomic E-state index is 10.8. The van der Waals surface area contributed by atoms with E-state index >= 15 is 0 Å². The van der Waals surface area contributed by atoms with Gasteiger partial charge in [0.2, 0.25) is 0 Å². The van der Waals surface area contributed by atoms with E-state index in [4.69, 9.17) is 9.84 Å². The minimum absolute atomic E-state index is 0.0941. The van der Waals surface area contributed by atoms with Crippen molar-refractivity contribution in [3.63, 3.8) is 0 Å². The van der Waals surface area contributed by atoms with Gasteiger partial charge in [-0.1, -0.05) is 13.8 Å². The van der Waals surface area contributed by atoms with E-state index in [0.717, 1.165) is 12.8 Å². The summed E-state index contributed by atoms with van der Waals surface area (Å²) in [5.74, 6) is -0.773. The van der Waals surface area contributed by atoms with E-state index in [1.165, 1.54) is 0 Å². The molecule has 0 spiro atoms. The molecule has 0 radical (unpaired) electrons. The van der Waals surface area contributed by atoms with Crippen molar-refractivity contribution >= 4 is 5.97 Å². The minimum atomic E-state index is -0.773. The normalized spacial score (nSPS) is 15.3. The molecule has 0 aliphatic rings. The first-order valence-electron chi connectivity index (χ1n) is 5.53. The standard InChI is InChI=1S/C11H23NO3/c1-5-9(3)12(7-11(13)14)10(6-2)8-15-4/h9-10H,5-8H2,1-4H3,(H,13,14). The van der Waals surface area contributed by atoms with E-state index in [9.17, 15) is 4.79 Å². The Labute approximate surface area is 92.2 Å². The number of rotatable bonds is 8. The topological polar surface area (TPSA) is 49.8 Å². The Morgan fingerprint density at radius 1 is 1.40 bits per heavy atom. The number of carboxylic acid groups (broad SMARTS) is 1. The number of methoxy groups -OCH3 is 1. The number of aliphatic carboxylic acids is 1. The van der Waals surface area contributed by atoms with Crippen molar-refractivity contribution in [2.75, 3.05) is 20.3 Å². The molecule has 90 valence electrons. The van der Waals surface area contributed by atoms with Crippen LogP contribution in [0.2, 0.25) is 0 Å². The molecule has 15 heavy (non-hydrogen) atoms. The van der Waals surface area contributed by atoms with Gasteiger partial charge < -0.3 is 9.84 Å². The fourth-order valence-electron chi connectivity index (χ4n) is 1.68. The van der Waals surface area contributed by atoms with Gasteiger partial charge in [-0.15, -0.1) is 0 Å². The number of hydrogen-bond donors (Lipinski definition) is 1. The van der Waals surface area contributed by atoms with Gasteiger partial charge in [-0.3, -0.25) is 9.69 Å². The van der Waals surface area contributed by atoms with E-state index in [1.54, 1.807) is 7.11 Å². The highest BCUT2D eigenvalue weighted by Crippen LogP contribution is 2.12. The molecule has 0 aromatic rings. The van der Waals surface area contributed by atoms with Crippen LogP contribution in [0.4, 0.5) is 0 Å². The Hall–Kier alpha value is -0.610. The zero-order chi connectivity index (χ0) is 11.8. The molecular weight excluding hydrogens is 194 g/mol. The van der Waals surface area contributed by atoms with Crippen LogP contribution in [0.1, 0.15) is 33.6 Å². The van der Waals surface area contributed by atoms with Crippen molar-refractivity contribution in [3.8, 4) is 0 Å². The largest absolute Gasteiger partial charge is 0.480 e. The molecule has 0 aliphatic heterocycles. The highest BCUT2D eigenvalue weighted by atomic mass is 16.5. The van der Waals surface area contributed by atoms with E-state index < -0.39 is 5.97 Å². The number of ether oxygens (including phenoxy) is 1. The van der Waals surface area contributed by atoms with Gasteiger partial charge in [0.05, 0.1) is 13.2 Å². The van der Waals surface area contributed by atoms with Gasteiger partial charge in [-0.25, -0.2) is 0 Å². The molecule has 0 fully saturated rings. The molecule has 0 aliphatic carbocycles. The van der Waals surface area contributed by atoms with Crippen LogP contribution in [0.3, 0.4) is 0 Å². The highest BCUT2D eigenvalue weighted by molar-refractivity contribution is 5.69. The van der Waals surface area contributed by atoms with Gasteiger partial charge in [0.15, 0.2) is 0 Å². The van der Waals surface area contributed by atoms with Gasteiger partial charge in [-0.2, -0.15) is 0 Å². The van der Waals surface area contributed by atoms with Gasteiger partial charge in [-0.05, 0) is 19.8 Å². The molecular formula is C11H23NO3. The van der Waals surface area contributed by atoms with Crippen LogP contribution in [0.25, 0.3) is 0 Å². The summed E-state index contributed by atoms with van der Waals surface area (Å²) in [6.45, 7) is 6.87. The summed E-state index contributed by atoms with van der Waals surface area (Å²) < 4.78 is 5.12. The average molecular weight is 217 g/mol. The molecule has 4 nitrogen and oxygen atoms in total. The van der Waals surface area contributed by atoms with Crippen LogP contribution in [0.15, 0.2) is 0 Å². The highest BCUT2D eigenvalue weighted by Gasteiger charge is 2.23. The average Bonchev–Trinajstić information content (AvgIpc) is 2.21. The van der Waals surface area contributed by atoms with Gasteiger partial charge in [0.1, 0.15) is 0 Å². The molecule has 0 amide bonds. The van der Waals surface area contributed by atoms with Gasteiger partial charge in [0, 0.05) is 19.2 Å². The molecule has 0 saturated heterocycles. The van der Waals surface area contributed by atoms with Crippen LogP contribution in [-0.2, 0) is 9.53 Å². The summed E-state index contributed by atoms with van der Waals surface area (Å²) in [5, 5.41) is 8.86. The minimum Gasteiger partial charge on any atom is -0.480 e. The molecule has 0 aromatic carbocycles. The fourth-order valence-corrected chi connectivity index (χ4v) is 1.68. The third-order valence-electron chi connectivity index (χ3n) is 2.77. The van der Waals surface area contributed by atoms with Crippen molar-refractivity contribution in [1.29, 1.82) is 0 Å². The molecule has 2 unspecified atom stereocenters. The lowest BCUT2D eigenvalue weighted by Gasteiger charge is -2.34. The Morgan fingerprint density at radius 2 is 2.00 bits per heavy atom. The Balaban J connectivity index is 4.48. The first kappa shape index (κ1) is 14.4. The van der Waals surface area contributed by atoms with Crippen molar-refractivity contribution in [3.05, 3.63) is 0 Å². The molecule has 1 N–H and O–H groups in total. The summed E-state index contributed by atoms with van der Waals surface area (Å²) in [7, 11) is 1.65. The lowest BCUT2D eigenvalue weighted by molar-refractivity contribution is -0.140. The first-order valence-corrected chi connectivity index (χ1v) is 5.53.